The summed E-state index contributed by atoms with van der Waals surface area (Å²) in [6.45, 7) is 7.59. The maximum Gasteiger partial charge on any atom is 0.123 e. The van der Waals surface area contributed by atoms with Crippen LogP contribution in [0.2, 0.25) is 0 Å². The van der Waals surface area contributed by atoms with E-state index in [0.717, 1.165) is 12.0 Å². The van der Waals surface area contributed by atoms with Crippen LogP contribution in [-0.4, -0.2) is 22.8 Å². The lowest BCUT2D eigenvalue weighted by Crippen LogP contribution is -2.48. The van der Waals surface area contributed by atoms with E-state index in [9.17, 15) is 9.50 Å². The molecule has 0 aromatic heterocycles. The van der Waals surface area contributed by atoms with E-state index in [1.54, 1.807) is 26.0 Å². The summed E-state index contributed by atoms with van der Waals surface area (Å²) in [5.41, 5.74) is 0.353. The van der Waals surface area contributed by atoms with Crippen molar-refractivity contribution in [2.45, 2.75) is 51.8 Å². The second kappa shape index (κ2) is 5.61. The van der Waals surface area contributed by atoms with Crippen molar-refractivity contribution in [3.05, 3.63) is 35.6 Å². The van der Waals surface area contributed by atoms with Gasteiger partial charge in [-0.05, 0) is 51.8 Å². The van der Waals surface area contributed by atoms with Gasteiger partial charge >= 0.3 is 0 Å². The number of benzene rings is 1. The largest absolute Gasteiger partial charge is 0.389 e. The minimum absolute atomic E-state index is 0.0120. The Balaban J connectivity index is 2.50. The third-order valence-electron chi connectivity index (χ3n) is 3.05. The molecule has 0 spiro atoms. The van der Waals surface area contributed by atoms with Gasteiger partial charge < -0.3 is 10.4 Å². The molecule has 0 fully saturated rings. The number of hydrogen-bond donors (Lipinski definition) is 2. The predicted molar refractivity (Wildman–Crippen MR) is 68.5 cm³/mol. The Bertz CT molecular complexity index is 342. The monoisotopic (exact) mass is 239 g/mol. The van der Waals surface area contributed by atoms with Crippen molar-refractivity contribution in [2.75, 3.05) is 0 Å². The lowest BCUT2D eigenvalue weighted by molar-refractivity contribution is 0.0406. The quantitative estimate of drug-likeness (QED) is 0.827. The van der Waals surface area contributed by atoms with Gasteiger partial charge in [-0.1, -0.05) is 12.1 Å². The van der Waals surface area contributed by atoms with Gasteiger partial charge in [0, 0.05) is 12.1 Å². The van der Waals surface area contributed by atoms with Gasteiger partial charge in [0.1, 0.15) is 5.82 Å². The van der Waals surface area contributed by atoms with Gasteiger partial charge in [-0.15, -0.1) is 0 Å². The highest BCUT2D eigenvalue weighted by Gasteiger charge is 2.23. The van der Waals surface area contributed by atoms with E-state index in [1.165, 1.54) is 12.1 Å². The minimum atomic E-state index is -0.739. The fourth-order valence-electron chi connectivity index (χ4n) is 1.66. The molecular formula is C14H22FNO. The van der Waals surface area contributed by atoms with Crippen LogP contribution in [0.4, 0.5) is 4.39 Å². The average Bonchev–Trinajstić information content (AvgIpc) is 2.20. The molecule has 17 heavy (non-hydrogen) atoms. The van der Waals surface area contributed by atoms with Gasteiger partial charge in [0.15, 0.2) is 0 Å². The topological polar surface area (TPSA) is 32.3 Å². The highest BCUT2D eigenvalue weighted by Crippen LogP contribution is 2.11. The van der Waals surface area contributed by atoms with Crippen molar-refractivity contribution in [3.63, 3.8) is 0 Å². The molecular weight excluding hydrogens is 217 g/mol. The van der Waals surface area contributed by atoms with Crippen LogP contribution in [0.5, 0.6) is 0 Å². The second-order valence-corrected chi connectivity index (χ2v) is 5.27. The predicted octanol–water partition coefficient (Wildman–Crippen LogP) is 2.51. The molecule has 1 aromatic carbocycles. The molecule has 1 aromatic rings. The van der Waals surface area contributed by atoms with Crippen LogP contribution in [0.15, 0.2) is 24.3 Å². The zero-order chi connectivity index (χ0) is 13.1. The summed E-state index contributed by atoms with van der Waals surface area (Å²) >= 11 is 0. The third kappa shape index (κ3) is 4.84. The Kier molecular flexibility index (Phi) is 4.66. The molecule has 2 atom stereocenters. The molecule has 1 rings (SSSR count). The standard InChI is InChI=1S/C14H22FNO/c1-10(16-11(2)14(3,4)17)9-12-5-7-13(15)8-6-12/h5-8,10-11,16-17H,9H2,1-4H3. The third-order valence-corrected chi connectivity index (χ3v) is 3.05. The number of hydrogen-bond acceptors (Lipinski definition) is 2. The molecule has 2 N–H and O–H groups in total. The van der Waals surface area contributed by atoms with Crippen molar-refractivity contribution in [1.82, 2.24) is 5.32 Å². The fraction of sp³-hybridized carbons (Fsp3) is 0.571. The molecule has 0 aliphatic rings. The molecule has 3 heteroatoms. The van der Waals surface area contributed by atoms with E-state index < -0.39 is 5.60 Å². The molecule has 0 aliphatic carbocycles. The summed E-state index contributed by atoms with van der Waals surface area (Å²) in [4.78, 5) is 0. The maximum atomic E-state index is 12.7. The Morgan fingerprint density at radius 3 is 2.24 bits per heavy atom. The van der Waals surface area contributed by atoms with Crippen molar-refractivity contribution in [3.8, 4) is 0 Å². The van der Waals surface area contributed by atoms with Crippen LogP contribution in [-0.2, 0) is 6.42 Å². The first kappa shape index (κ1) is 14.1. The van der Waals surface area contributed by atoms with Crippen LogP contribution in [0.3, 0.4) is 0 Å². The highest BCUT2D eigenvalue weighted by molar-refractivity contribution is 5.17. The first-order valence-corrected chi connectivity index (χ1v) is 6.02. The Labute approximate surface area is 103 Å². The molecule has 0 aliphatic heterocycles. The summed E-state index contributed by atoms with van der Waals surface area (Å²) in [6.07, 6.45) is 0.820. The normalized spacial score (nSPS) is 15.6. The number of aliphatic hydroxyl groups is 1. The van der Waals surface area contributed by atoms with Crippen LogP contribution in [0, 0.1) is 5.82 Å². The first-order chi connectivity index (χ1) is 7.79. The zero-order valence-electron chi connectivity index (χ0n) is 11.0. The van der Waals surface area contributed by atoms with Gasteiger partial charge in [0.2, 0.25) is 0 Å². The Hall–Kier alpha value is -0.930. The van der Waals surface area contributed by atoms with Crippen LogP contribution in [0.25, 0.3) is 0 Å². The molecule has 0 bridgehead atoms. The second-order valence-electron chi connectivity index (χ2n) is 5.27. The van der Waals surface area contributed by atoms with Crippen molar-refractivity contribution >= 4 is 0 Å². The highest BCUT2D eigenvalue weighted by atomic mass is 19.1. The van der Waals surface area contributed by atoms with Crippen molar-refractivity contribution in [1.29, 1.82) is 0 Å². The van der Waals surface area contributed by atoms with E-state index in [1.807, 2.05) is 6.92 Å². The van der Waals surface area contributed by atoms with E-state index in [-0.39, 0.29) is 17.9 Å². The summed E-state index contributed by atoms with van der Waals surface area (Å²) in [5.74, 6) is -0.209. The first-order valence-electron chi connectivity index (χ1n) is 6.02. The molecule has 2 nitrogen and oxygen atoms in total. The zero-order valence-corrected chi connectivity index (χ0v) is 11.0. The minimum Gasteiger partial charge on any atom is -0.389 e. The van der Waals surface area contributed by atoms with E-state index in [2.05, 4.69) is 12.2 Å². The van der Waals surface area contributed by atoms with E-state index in [4.69, 9.17) is 0 Å². The lowest BCUT2D eigenvalue weighted by Gasteiger charge is -2.30. The van der Waals surface area contributed by atoms with Crippen LogP contribution in [0.1, 0.15) is 33.3 Å². The summed E-state index contributed by atoms with van der Waals surface area (Å²) in [6, 6.07) is 6.79. The van der Waals surface area contributed by atoms with Crippen molar-refractivity contribution in [2.24, 2.45) is 0 Å². The smallest absolute Gasteiger partial charge is 0.123 e. The number of halogens is 1. The van der Waals surface area contributed by atoms with Crippen LogP contribution < -0.4 is 5.32 Å². The van der Waals surface area contributed by atoms with Crippen molar-refractivity contribution < 1.29 is 9.50 Å². The molecule has 0 amide bonds. The van der Waals surface area contributed by atoms with Gasteiger partial charge in [0.05, 0.1) is 5.60 Å². The summed E-state index contributed by atoms with van der Waals surface area (Å²) in [7, 11) is 0. The maximum absolute atomic E-state index is 12.7. The fourth-order valence-corrected chi connectivity index (χ4v) is 1.66. The molecule has 0 radical (unpaired) electrons. The summed E-state index contributed by atoms with van der Waals surface area (Å²) in [5, 5.41) is 13.2. The molecule has 2 unspecified atom stereocenters. The summed E-state index contributed by atoms with van der Waals surface area (Å²) < 4.78 is 12.7. The molecule has 0 saturated carbocycles. The number of rotatable bonds is 5. The van der Waals surface area contributed by atoms with Crippen LogP contribution >= 0.6 is 0 Å². The Morgan fingerprint density at radius 1 is 1.24 bits per heavy atom. The molecule has 0 saturated heterocycles. The van der Waals surface area contributed by atoms with Gasteiger partial charge in [-0.2, -0.15) is 0 Å². The van der Waals surface area contributed by atoms with Gasteiger partial charge in [0.25, 0.3) is 0 Å². The molecule has 0 heterocycles. The van der Waals surface area contributed by atoms with Gasteiger partial charge in [-0.25, -0.2) is 4.39 Å². The Morgan fingerprint density at radius 2 is 1.76 bits per heavy atom. The van der Waals surface area contributed by atoms with E-state index in [0.29, 0.717) is 0 Å². The molecule has 96 valence electrons. The SMILES string of the molecule is CC(Cc1ccc(F)cc1)NC(C)C(C)(C)O. The van der Waals surface area contributed by atoms with E-state index >= 15 is 0 Å². The lowest BCUT2D eigenvalue weighted by atomic mass is 9.98. The number of nitrogens with one attached hydrogen (secondary N) is 1. The van der Waals surface area contributed by atoms with Gasteiger partial charge in [-0.3, -0.25) is 0 Å². The average molecular weight is 239 g/mol.